The van der Waals surface area contributed by atoms with Gasteiger partial charge in [-0.2, -0.15) is 0 Å². The van der Waals surface area contributed by atoms with E-state index in [0.717, 1.165) is 0 Å². The van der Waals surface area contributed by atoms with Crippen molar-refractivity contribution in [1.29, 1.82) is 0 Å². The normalized spacial score (nSPS) is 21.8. The minimum absolute atomic E-state index is 0.0585. The highest BCUT2D eigenvalue weighted by Crippen LogP contribution is 2.18. The number of carbonyl (C=O) groups is 2. The van der Waals surface area contributed by atoms with Crippen LogP contribution in [0.4, 0.5) is 0 Å². The van der Waals surface area contributed by atoms with Gasteiger partial charge in [-0.05, 0) is 5.92 Å². The third kappa shape index (κ3) is 4.24. The van der Waals surface area contributed by atoms with Crippen molar-refractivity contribution >= 4 is 27.8 Å². The Bertz CT molecular complexity index is 308. The summed E-state index contributed by atoms with van der Waals surface area (Å²) in [6.45, 7) is 5.46. The first-order chi connectivity index (χ1) is 8.45. The van der Waals surface area contributed by atoms with Crippen LogP contribution in [-0.4, -0.2) is 54.5 Å². The van der Waals surface area contributed by atoms with Crippen molar-refractivity contribution in [2.24, 2.45) is 5.92 Å². The van der Waals surface area contributed by atoms with E-state index < -0.39 is 0 Å². The Hall–Kier alpha value is -0.620. The predicted molar refractivity (Wildman–Crippen MR) is 70.5 cm³/mol. The standard InChI is InChI=1S/C12H20BrNO4/c1-8(2)11(13)12(16)14-4-5-18-9(7-14)6-10(15)17-3/h8-9,11H,4-7H2,1-3H3. The Morgan fingerprint density at radius 2 is 2.17 bits per heavy atom. The first-order valence-electron chi connectivity index (χ1n) is 6.07. The van der Waals surface area contributed by atoms with Crippen LogP contribution in [0.5, 0.6) is 0 Å². The molecule has 0 saturated carbocycles. The minimum Gasteiger partial charge on any atom is -0.469 e. The highest BCUT2D eigenvalue weighted by atomic mass is 79.9. The van der Waals surface area contributed by atoms with Gasteiger partial charge >= 0.3 is 5.97 Å². The molecule has 0 aromatic heterocycles. The number of nitrogens with zero attached hydrogens (tertiary/aromatic N) is 1. The van der Waals surface area contributed by atoms with E-state index in [1.807, 2.05) is 13.8 Å². The lowest BCUT2D eigenvalue weighted by molar-refractivity contribution is -0.150. The Balaban J connectivity index is 2.53. The summed E-state index contributed by atoms with van der Waals surface area (Å²) in [5.74, 6) is -0.0175. The molecule has 1 rings (SSSR count). The molecule has 18 heavy (non-hydrogen) atoms. The van der Waals surface area contributed by atoms with Crippen LogP contribution in [-0.2, 0) is 19.1 Å². The second-order valence-electron chi connectivity index (χ2n) is 4.70. The van der Waals surface area contributed by atoms with E-state index in [-0.39, 0.29) is 35.1 Å². The van der Waals surface area contributed by atoms with Gasteiger partial charge in [0.05, 0.1) is 31.1 Å². The number of morpholine rings is 1. The number of hydrogen-bond acceptors (Lipinski definition) is 4. The van der Waals surface area contributed by atoms with E-state index in [9.17, 15) is 9.59 Å². The van der Waals surface area contributed by atoms with E-state index in [1.165, 1.54) is 7.11 Å². The molecule has 5 nitrogen and oxygen atoms in total. The molecule has 104 valence electrons. The van der Waals surface area contributed by atoms with Crippen LogP contribution < -0.4 is 0 Å². The maximum atomic E-state index is 12.1. The van der Waals surface area contributed by atoms with Gasteiger partial charge in [-0.3, -0.25) is 9.59 Å². The summed E-state index contributed by atoms with van der Waals surface area (Å²) in [7, 11) is 1.35. The Morgan fingerprint density at radius 1 is 1.50 bits per heavy atom. The largest absolute Gasteiger partial charge is 0.469 e. The van der Waals surface area contributed by atoms with Crippen molar-refractivity contribution in [1.82, 2.24) is 4.90 Å². The third-order valence-electron chi connectivity index (χ3n) is 2.89. The monoisotopic (exact) mass is 321 g/mol. The van der Waals surface area contributed by atoms with Crippen molar-refractivity contribution in [2.75, 3.05) is 26.8 Å². The first-order valence-corrected chi connectivity index (χ1v) is 6.98. The van der Waals surface area contributed by atoms with Crippen molar-refractivity contribution in [3.8, 4) is 0 Å². The second-order valence-corrected chi connectivity index (χ2v) is 5.69. The molecule has 2 atom stereocenters. The van der Waals surface area contributed by atoms with Crippen LogP contribution in [0.2, 0.25) is 0 Å². The molecule has 1 heterocycles. The van der Waals surface area contributed by atoms with Crippen LogP contribution in [0.15, 0.2) is 0 Å². The summed E-state index contributed by atoms with van der Waals surface area (Å²) in [5.41, 5.74) is 0. The molecule has 1 amide bonds. The van der Waals surface area contributed by atoms with Gasteiger partial charge in [0.2, 0.25) is 5.91 Å². The first kappa shape index (κ1) is 15.4. The maximum absolute atomic E-state index is 12.1. The average Bonchev–Trinajstić information content (AvgIpc) is 2.37. The average molecular weight is 322 g/mol. The Kier molecular flexibility index (Phi) is 6.08. The maximum Gasteiger partial charge on any atom is 0.308 e. The summed E-state index contributed by atoms with van der Waals surface area (Å²) >= 11 is 3.40. The molecular formula is C12H20BrNO4. The molecule has 2 unspecified atom stereocenters. The number of hydrogen-bond donors (Lipinski definition) is 0. The number of alkyl halides is 1. The smallest absolute Gasteiger partial charge is 0.308 e. The number of carbonyl (C=O) groups excluding carboxylic acids is 2. The topological polar surface area (TPSA) is 55.8 Å². The van der Waals surface area contributed by atoms with Crippen LogP contribution >= 0.6 is 15.9 Å². The molecule has 0 aliphatic carbocycles. The molecule has 1 aliphatic heterocycles. The molecule has 0 aromatic rings. The van der Waals surface area contributed by atoms with Gasteiger partial charge in [0, 0.05) is 13.1 Å². The predicted octanol–water partition coefficient (Wildman–Crippen LogP) is 1.20. The van der Waals surface area contributed by atoms with E-state index in [2.05, 4.69) is 20.7 Å². The molecule has 1 saturated heterocycles. The number of halogens is 1. The van der Waals surface area contributed by atoms with Crippen molar-refractivity contribution in [3.63, 3.8) is 0 Å². The summed E-state index contributed by atoms with van der Waals surface area (Å²) in [6.07, 6.45) is -0.0726. The lowest BCUT2D eigenvalue weighted by atomic mass is 10.1. The minimum atomic E-state index is -0.312. The van der Waals surface area contributed by atoms with Gasteiger partial charge in [-0.1, -0.05) is 29.8 Å². The van der Waals surface area contributed by atoms with Crippen LogP contribution in [0, 0.1) is 5.92 Å². The van der Waals surface area contributed by atoms with Crippen molar-refractivity contribution in [2.45, 2.75) is 31.2 Å². The molecular weight excluding hydrogens is 302 g/mol. The van der Waals surface area contributed by atoms with E-state index in [0.29, 0.717) is 19.7 Å². The van der Waals surface area contributed by atoms with Gasteiger partial charge in [0.25, 0.3) is 0 Å². The third-order valence-corrected chi connectivity index (χ3v) is 4.34. The zero-order valence-corrected chi connectivity index (χ0v) is 12.6. The molecule has 1 fully saturated rings. The zero-order chi connectivity index (χ0) is 13.7. The van der Waals surface area contributed by atoms with Gasteiger partial charge < -0.3 is 14.4 Å². The van der Waals surface area contributed by atoms with E-state index in [1.54, 1.807) is 4.90 Å². The zero-order valence-electron chi connectivity index (χ0n) is 11.0. The molecule has 0 spiro atoms. The second kappa shape index (κ2) is 7.09. The van der Waals surface area contributed by atoms with E-state index in [4.69, 9.17) is 4.74 Å². The Labute approximate surface area is 116 Å². The number of ether oxygens (including phenoxy) is 2. The molecule has 6 heteroatoms. The molecule has 0 aromatic carbocycles. The fourth-order valence-electron chi connectivity index (χ4n) is 1.77. The summed E-state index contributed by atoms with van der Waals surface area (Å²) < 4.78 is 10.1. The number of amides is 1. The van der Waals surface area contributed by atoms with E-state index >= 15 is 0 Å². The summed E-state index contributed by atoms with van der Waals surface area (Å²) in [4.78, 5) is 24.9. The quantitative estimate of drug-likeness (QED) is 0.576. The molecule has 0 radical (unpaired) electrons. The highest BCUT2D eigenvalue weighted by Gasteiger charge is 2.30. The van der Waals surface area contributed by atoms with Gasteiger partial charge in [-0.15, -0.1) is 0 Å². The number of methoxy groups -OCH3 is 1. The fraction of sp³-hybridized carbons (Fsp3) is 0.833. The summed E-state index contributed by atoms with van der Waals surface area (Å²) in [6, 6.07) is 0. The number of esters is 1. The molecule has 1 aliphatic rings. The van der Waals surface area contributed by atoms with Gasteiger partial charge in [0.15, 0.2) is 0 Å². The van der Waals surface area contributed by atoms with Crippen LogP contribution in [0.1, 0.15) is 20.3 Å². The summed E-state index contributed by atoms with van der Waals surface area (Å²) in [5, 5.41) is 0. The van der Waals surface area contributed by atoms with Crippen LogP contribution in [0.25, 0.3) is 0 Å². The molecule has 0 N–H and O–H groups in total. The lowest BCUT2D eigenvalue weighted by Gasteiger charge is -2.34. The lowest BCUT2D eigenvalue weighted by Crippen LogP contribution is -2.49. The number of rotatable bonds is 4. The molecule has 0 bridgehead atoms. The fourth-order valence-corrected chi connectivity index (χ4v) is 2.06. The SMILES string of the molecule is COC(=O)CC1CN(C(=O)C(Br)C(C)C)CCO1. The van der Waals surface area contributed by atoms with Crippen LogP contribution in [0.3, 0.4) is 0 Å². The highest BCUT2D eigenvalue weighted by molar-refractivity contribution is 9.10. The Morgan fingerprint density at radius 3 is 2.72 bits per heavy atom. The van der Waals surface area contributed by atoms with Crippen molar-refractivity contribution in [3.05, 3.63) is 0 Å². The van der Waals surface area contributed by atoms with Crippen molar-refractivity contribution < 1.29 is 19.1 Å². The van der Waals surface area contributed by atoms with Gasteiger partial charge in [-0.25, -0.2) is 0 Å². The van der Waals surface area contributed by atoms with Gasteiger partial charge in [0.1, 0.15) is 0 Å².